The van der Waals surface area contributed by atoms with Crippen molar-refractivity contribution in [3.8, 4) is 0 Å². The SMILES string of the molecule is C=C(OC(C)(C)C)C1CC2CC(O)C(O)C(CC)C2C(CC)C1CO. The van der Waals surface area contributed by atoms with Crippen molar-refractivity contribution in [1.82, 2.24) is 0 Å². The summed E-state index contributed by atoms with van der Waals surface area (Å²) in [5.74, 6) is 2.10. The molecule has 0 saturated heterocycles. The lowest BCUT2D eigenvalue weighted by Crippen LogP contribution is -2.54. The van der Waals surface area contributed by atoms with E-state index in [-0.39, 0.29) is 30.0 Å². The van der Waals surface area contributed by atoms with Crippen LogP contribution >= 0.6 is 0 Å². The summed E-state index contributed by atoms with van der Waals surface area (Å²) in [6.07, 6.45) is 2.04. The Labute approximate surface area is 153 Å². The highest BCUT2D eigenvalue weighted by Crippen LogP contribution is 2.54. The van der Waals surface area contributed by atoms with E-state index >= 15 is 0 Å². The zero-order chi connectivity index (χ0) is 18.9. The number of hydrogen-bond donors (Lipinski definition) is 3. The van der Waals surface area contributed by atoms with Crippen LogP contribution in [-0.4, -0.2) is 39.7 Å². The topological polar surface area (TPSA) is 69.9 Å². The number of rotatable bonds is 5. The van der Waals surface area contributed by atoms with Crippen molar-refractivity contribution in [1.29, 1.82) is 0 Å². The molecule has 0 radical (unpaired) electrons. The van der Waals surface area contributed by atoms with Crippen molar-refractivity contribution in [3.05, 3.63) is 12.3 Å². The third-order valence-corrected chi connectivity index (χ3v) is 6.54. The average molecular weight is 355 g/mol. The number of hydrogen-bond acceptors (Lipinski definition) is 4. The molecule has 0 bridgehead atoms. The molecule has 2 aliphatic rings. The van der Waals surface area contributed by atoms with Crippen molar-refractivity contribution in [2.45, 2.75) is 78.1 Å². The van der Waals surface area contributed by atoms with Crippen LogP contribution in [0.4, 0.5) is 0 Å². The normalized spacial score (nSPS) is 41.9. The number of allylic oxidation sites excluding steroid dienone is 1. The molecular formula is C21H38O4. The molecule has 2 aliphatic carbocycles. The number of aliphatic hydroxyl groups is 3. The van der Waals surface area contributed by atoms with Gasteiger partial charge in [-0.1, -0.05) is 33.3 Å². The van der Waals surface area contributed by atoms with Gasteiger partial charge in [-0.3, -0.25) is 0 Å². The van der Waals surface area contributed by atoms with E-state index in [1.807, 2.05) is 20.8 Å². The Bertz CT molecular complexity index is 455. The standard InChI is InChI=1S/C21H38O4/c1-7-14-17(11-22)16(12(3)25-21(4,5)6)9-13-10-18(23)20(24)15(8-2)19(13)14/h13-20,22-24H,3,7-11H2,1-2,4-6H3. The molecule has 25 heavy (non-hydrogen) atoms. The fraction of sp³-hybridized carbons (Fsp3) is 0.905. The lowest BCUT2D eigenvalue weighted by Gasteiger charge is -2.54. The van der Waals surface area contributed by atoms with Crippen molar-refractivity contribution in [3.63, 3.8) is 0 Å². The highest BCUT2D eigenvalue weighted by molar-refractivity contribution is 5.07. The number of ether oxygens (including phenoxy) is 1. The Morgan fingerprint density at radius 1 is 1.04 bits per heavy atom. The first-order chi connectivity index (χ1) is 11.6. The van der Waals surface area contributed by atoms with E-state index in [0.717, 1.165) is 25.0 Å². The first kappa shape index (κ1) is 20.7. The van der Waals surface area contributed by atoms with Gasteiger partial charge in [0, 0.05) is 12.5 Å². The van der Waals surface area contributed by atoms with Gasteiger partial charge in [0.25, 0.3) is 0 Å². The van der Waals surface area contributed by atoms with Gasteiger partial charge in [0.1, 0.15) is 5.60 Å². The van der Waals surface area contributed by atoms with Crippen LogP contribution in [-0.2, 0) is 4.74 Å². The van der Waals surface area contributed by atoms with Crippen LogP contribution in [0.1, 0.15) is 60.3 Å². The predicted octanol–water partition coefficient (Wildman–Crippen LogP) is 3.35. The molecule has 4 heteroatoms. The van der Waals surface area contributed by atoms with E-state index in [9.17, 15) is 15.3 Å². The Balaban J connectivity index is 2.31. The largest absolute Gasteiger partial charge is 0.493 e. The van der Waals surface area contributed by atoms with Gasteiger partial charge < -0.3 is 20.1 Å². The molecule has 0 aromatic rings. The third-order valence-electron chi connectivity index (χ3n) is 6.54. The molecule has 2 rings (SSSR count). The quantitative estimate of drug-likeness (QED) is 0.662. The van der Waals surface area contributed by atoms with Crippen molar-refractivity contribution < 1.29 is 20.1 Å². The Morgan fingerprint density at radius 2 is 1.64 bits per heavy atom. The summed E-state index contributed by atoms with van der Waals surface area (Å²) in [7, 11) is 0. The number of fused-ring (bicyclic) bond motifs is 1. The lowest BCUT2D eigenvalue weighted by atomic mass is 9.52. The van der Waals surface area contributed by atoms with Crippen LogP contribution in [0.3, 0.4) is 0 Å². The second-order valence-corrected chi connectivity index (χ2v) is 9.14. The van der Waals surface area contributed by atoms with Crippen LogP contribution in [0.15, 0.2) is 12.3 Å². The molecule has 0 aliphatic heterocycles. The van der Waals surface area contributed by atoms with E-state index in [1.165, 1.54) is 0 Å². The summed E-state index contributed by atoms with van der Waals surface area (Å²) in [6, 6.07) is 0. The van der Waals surface area contributed by atoms with E-state index in [2.05, 4.69) is 20.4 Å². The van der Waals surface area contributed by atoms with E-state index < -0.39 is 12.2 Å². The van der Waals surface area contributed by atoms with Crippen LogP contribution in [0.2, 0.25) is 0 Å². The second-order valence-electron chi connectivity index (χ2n) is 9.14. The van der Waals surface area contributed by atoms with Crippen LogP contribution in [0, 0.1) is 35.5 Å². The van der Waals surface area contributed by atoms with Crippen molar-refractivity contribution in [2.24, 2.45) is 35.5 Å². The zero-order valence-corrected chi connectivity index (χ0v) is 16.6. The van der Waals surface area contributed by atoms with Gasteiger partial charge in [-0.15, -0.1) is 0 Å². The highest BCUT2D eigenvalue weighted by atomic mass is 16.5. The molecule has 3 N–H and O–H groups in total. The molecule has 2 saturated carbocycles. The second kappa shape index (κ2) is 7.98. The van der Waals surface area contributed by atoms with Crippen LogP contribution in [0.25, 0.3) is 0 Å². The Morgan fingerprint density at radius 3 is 2.12 bits per heavy atom. The summed E-state index contributed by atoms with van der Waals surface area (Å²) in [4.78, 5) is 0. The molecule has 2 fully saturated rings. The minimum absolute atomic E-state index is 0.102. The fourth-order valence-electron chi connectivity index (χ4n) is 5.66. The first-order valence-corrected chi connectivity index (χ1v) is 9.99. The van der Waals surface area contributed by atoms with Gasteiger partial charge in [0.2, 0.25) is 0 Å². The first-order valence-electron chi connectivity index (χ1n) is 9.99. The molecular weight excluding hydrogens is 316 g/mol. The van der Waals surface area contributed by atoms with Gasteiger partial charge >= 0.3 is 0 Å². The summed E-state index contributed by atoms with van der Waals surface area (Å²) in [5, 5.41) is 31.0. The molecule has 0 spiro atoms. The van der Waals surface area contributed by atoms with Gasteiger partial charge in [0.05, 0.1) is 18.0 Å². The fourth-order valence-corrected chi connectivity index (χ4v) is 5.66. The summed E-state index contributed by atoms with van der Waals surface area (Å²) in [6.45, 7) is 14.6. The summed E-state index contributed by atoms with van der Waals surface area (Å²) < 4.78 is 6.07. The molecule has 8 unspecified atom stereocenters. The average Bonchev–Trinajstić information content (AvgIpc) is 2.52. The minimum atomic E-state index is -0.648. The Kier molecular flexibility index (Phi) is 6.61. The van der Waals surface area contributed by atoms with Crippen molar-refractivity contribution >= 4 is 0 Å². The lowest BCUT2D eigenvalue weighted by molar-refractivity contribution is -0.143. The molecule has 0 heterocycles. The van der Waals surface area contributed by atoms with E-state index in [1.54, 1.807) is 0 Å². The number of aliphatic hydroxyl groups excluding tert-OH is 3. The van der Waals surface area contributed by atoms with Crippen molar-refractivity contribution in [2.75, 3.05) is 6.61 Å². The minimum Gasteiger partial charge on any atom is -0.493 e. The van der Waals surface area contributed by atoms with Gasteiger partial charge in [-0.25, -0.2) is 0 Å². The molecule has 4 nitrogen and oxygen atoms in total. The summed E-state index contributed by atoms with van der Waals surface area (Å²) in [5.41, 5.74) is -0.302. The molecule has 0 aromatic carbocycles. The molecule has 0 amide bonds. The monoisotopic (exact) mass is 354 g/mol. The maximum atomic E-state index is 10.5. The van der Waals surface area contributed by atoms with Crippen LogP contribution < -0.4 is 0 Å². The molecule has 8 atom stereocenters. The molecule has 0 aromatic heterocycles. The third kappa shape index (κ3) is 4.23. The maximum absolute atomic E-state index is 10.5. The van der Waals surface area contributed by atoms with Gasteiger partial charge in [0.15, 0.2) is 0 Å². The summed E-state index contributed by atoms with van der Waals surface area (Å²) >= 11 is 0. The predicted molar refractivity (Wildman–Crippen MR) is 99.8 cm³/mol. The van der Waals surface area contributed by atoms with Crippen LogP contribution in [0.5, 0.6) is 0 Å². The Hall–Kier alpha value is -0.580. The zero-order valence-electron chi connectivity index (χ0n) is 16.6. The molecule has 146 valence electrons. The van der Waals surface area contributed by atoms with Gasteiger partial charge in [-0.2, -0.15) is 0 Å². The van der Waals surface area contributed by atoms with E-state index in [4.69, 9.17) is 4.74 Å². The van der Waals surface area contributed by atoms with E-state index in [0.29, 0.717) is 24.2 Å². The highest BCUT2D eigenvalue weighted by Gasteiger charge is 2.52. The smallest absolute Gasteiger partial charge is 0.100 e. The maximum Gasteiger partial charge on any atom is 0.100 e. The van der Waals surface area contributed by atoms with Gasteiger partial charge in [-0.05, 0) is 63.2 Å².